The number of halogens is 3. The van der Waals surface area contributed by atoms with E-state index in [4.69, 9.17) is 14.5 Å². The van der Waals surface area contributed by atoms with Gasteiger partial charge >= 0.3 is 12.0 Å². The average molecular weight is 318 g/mol. The third-order valence-electron chi connectivity index (χ3n) is 3.91. The number of hydrogen-bond acceptors (Lipinski definition) is 3. The Morgan fingerprint density at radius 2 is 1.50 bits per heavy atom. The normalized spacial score (nSPS) is 30.0. The van der Waals surface area contributed by atoms with E-state index in [0.29, 0.717) is 0 Å². The van der Waals surface area contributed by atoms with Crippen LogP contribution < -0.4 is 0 Å². The smallest absolute Gasteiger partial charge is 0.300 e. The van der Waals surface area contributed by atoms with Gasteiger partial charge in [0.2, 0.25) is 5.79 Å². The van der Waals surface area contributed by atoms with Crippen molar-refractivity contribution < 1.29 is 27.7 Å². The second-order valence-electron chi connectivity index (χ2n) is 6.82. The molecule has 1 aromatic carbocycles. The number of alkyl halides is 3. The van der Waals surface area contributed by atoms with Gasteiger partial charge < -0.3 is 4.74 Å². The van der Waals surface area contributed by atoms with Gasteiger partial charge in [0.1, 0.15) is 0 Å². The fourth-order valence-corrected chi connectivity index (χ4v) is 2.76. The average Bonchev–Trinajstić information content (AvgIpc) is 2.82. The molecule has 1 aromatic rings. The summed E-state index contributed by atoms with van der Waals surface area (Å²) in [7, 11) is 0. The molecular formula is C16H21F3O3. The first-order chi connectivity index (χ1) is 9.96. The van der Waals surface area contributed by atoms with Gasteiger partial charge in [-0.15, -0.1) is 0 Å². The largest absolute Gasteiger partial charge is 0.451 e. The van der Waals surface area contributed by atoms with Gasteiger partial charge in [-0.1, -0.05) is 65.0 Å². The lowest BCUT2D eigenvalue weighted by Gasteiger charge is -2.41. The van der Waals surface area contributed by atoms with Crippen molar-refractivity contribution in [2.75, 3.05) is 0 Å². The molecule has 6 heteroatoms. The summed E-state index contributed by atoms with van der Waals surface area (Å²) < 4.78 is 46.8. The Hall–Kier alpha value is -1.11. The van der Waals surface area contributed by atoms with Gasteiger partial charge in [0, 0.05) is 16.9 Å². The van der Waals surface area contributed by atoms with Crippen LogP contribution in [-0.4, -0.2) is 12.0 Å². The van der Waals surface area contributed by atoms with Crippen molar-refractivity contribution in [1.29, 1.82) is 0 Å². The quantitative estimate of drug-likeness (QED) is 0.735. The molecule has 2 unspecified atom stereocenters. The van der Waals surface area contributed by atoms with E-state index in [1.54, 1.807) is 40.7 Å². The van der Waals surface area contributed by atoms with Gasteiger partial charge in [0.05, 0.1) is 0 Å². The summed E-state index contributed by atoms with van der Waals surface area (Å²) >= 11 is 0. The summed E-state index contributed by atoms with van der Waals surface area (Å²) in [4.78, 5) is 10.1. The SMILES string of the molecule is CC(C)C1(C(C)(C)C)OOC(c2ccccc2)(C(F)(F)F)O1. The Bertz CT molecular complexity index is 522. The standard InChI is InChI=1S/C16H21F3O3/c1-11(2)14(13(3,4)5)20-15(22-21-14,16(17,18)19)12-9-7-6-8-10-12/h6-11H,1-5H3. The molecule has 0 aliphatic carbocycles. The molecular weight excluding hydrogens is 297 g/mol. The van der Waals surface area contributed by atoms with Crippen molar-refractivity contribution in [2.45, 2.75) is 52.4 Å². The lowest BCUT2D eigenvalue weighted by Crippen LogP contribution is -2.52. The zero-order chi connectivity index (χ0) is 16.8. The van der Waals surface area contributed by atoms with E-state index in [0.717, 1.165) is 0 Å². The fourth-order valence-electron chi connectivity index (χ4n) is 2.76. The maximum absolute atomic E-state index is 13.8. The van der Waals surface area contributed by atoms with Crippen LogP contribution in [-0.2, 0) is 20.3 Å². The van der Waals surface area contributed by atoms with E-state index in [2.05, 4.69) is 0 Å². The predicted molar refractivity (Wildman–Crippen MR) is 74.5 cm³/mol. The molecule has 0 spiro atoms. The lowest BCUT2D eigenvalue weighted by molar-refractivity contribution is -0.424. The molecule has 124 valence electrons. The van der Waals surface area contributed by atoms with Crippen molar-refractivity contribution >= 4 is 0 Å². The van der Waals surface area contributed by atoms with Crippen LogP contribution in [0.5, 0.6) is 0 Å². The van der Waals surface area contributed by atoms with Gasteiger partial charge in [-0.3, -0.25) is 0 Å². The molecule has 0 amide bonds. The Morgan fingerprint density at radius 1 is 0.955 bits per heavy atom. The second-order valence-corrected chi connectivity index (χ2v) is 6.82. The Balaban J connectivity index is 2.57. The maximum atomic E-state index is 13.8. The van der Waals surface area contributed by atoms with E-state index in [1.165, 1.54) is 24.3 Å². The van der Waals surface area contributed by atoms with Crippen LogP contribution in [0.3, 0.4) is 0 Å². The Labute approximate surface area is 128 Å². The Kier molecular flexibility index (Phi) is 4.09. The minimum Gasteiger partial charge on any atom is -0.300 e. The van der Waals surface area contributed by atoms with Gasteiger partial charge in [0.25, 0.3) is 0 Å². The molecule has 1 aliphatic rings. The molecule has 3 nitrogen and oxygen atoms in total. The van der Waals surface area contributed by atoms with E-state index in [9.17, 15) is 13.2 Å². The van der Waals surface area contributed by atoms with Gasteiger partial charge in [-0.05, 0) is 0 Å². The highest BCUT2D eigenvalue weighted by Crippen LogP contribution is 2.57. The highest BCUT2D eigenvalue weighted by molar-refractivity contribution is 5.23. The minimum atomic E-state index is -4.78. The monoisotopic (exact) mass is 318 g/mol. The third kappa shape index (κ3) is 2.43. The summed E-state index contributed by atoms with van der Waals surface area (Å²) in [6.07, 6.45) is -4.78. The summed E-state index contributed by atoms with van der Waals surface area (Å²) in [6.45, 7) is 8.76. The zero-order valence-electron chi connectivity index (χ0n) is 13.3. The second kappa shape index (κ2) is 5.22. The molecule has 0 radical (unpaired) electrons. The first-order valence-electron chi connectivity index (χ1n) is 7.15. The first-order valence-corrected chi connectivity index (χ1v) is 7.15. The van der Waals surface area contributed by atoms with Crippen LogP contribution in [0.25, 0.3) is 0 Å². The highest BCUT2D eigenvalue weighted by atomic mass is 19.4. The molecule has 0 saturated carbocycles. The third-order valence-corrected chi connectivity index (χ3v) is 3.91. The predicted octanol–water partition coefficient (Wildman–Crippen LogP) is 4.78. The fraction of sp³-hybridized carbons (Fsp3) is 0.625. The summed E-state index contributed by atoms with van der Waals surface area (Å²) in [5, 5.41) is 0. The van der Waals surface area contributed by atoms with Crippen molar-refractivity contribution in [2.24, 2.45) is 11.3 Å². The van der Waals surface area contributed by atoms with Crippen LogP contribution in [0, 0.1) is 11.3 Å². The summed E-state index contributed by atoms with van der Waals surface area (Å²) in [6, 6.07) is 7.26. The topological polar surface area (TPSA) is 27.7 Å². The molecule has 1 aliphatic heterocycles. The van der Waals surface area contributed by atoms with Crippen LogP contribution in [0.2, 0.25) is 0 Å². The van der Waals surface area contributed by atoms with Crippen LogP contribution in [0.1, 0.15) is 40.2 Å². The van der Waals surface area contributed by atoms with Gasteiger partial charge in [0.15, 0.2) is 0 Å². The number of benzene rings is 1. The van der Waals surface area contributed by atoms with Crippen molar-refractivity contribution in [3.8, 4) is 0 Å². The molecule has 0 aromatic heterocycles. The van der Waals surface area contributed by atoms with E-state index in [1.807, 2.05) is 0 Å². The molecule has 2 rings (SSSR count). The molecule has 2 atom stereocenters. The van der Waals surface area contributed by atoms with Crippen LogP contribution in [0.4, 0.5) is 13.2 Å². The molecule has 0 bridgehead atoms. The Morgan fingerprint density at radius 3 is 1.86 bits per heavy atom. The van der Waals surface area contributed by atoms with Crippen molar-refractivity contribution in [1.82, 2.24) is 0 Å². The first kappa shape index (κ1) is 17.2. The number of rotatable bonds is 2. The van der Waals surface area contributed by atoms with Gasteiger partial charge in [-0.25, -0.2) is 0 Å². The van der Waals surface area contributed by atoms with E-state index in [-0.39, 0.29) is 11.5 Å². The van der Waals surface area contributed by atoms with Crippen molar-refractivity contribution in [3.63, 3.8) is 0 Å². The van der Waals surface area contributed by atoms with E-state index < -0.39 is 23.2 Å². The highest BCUT2D eigenvalue weighted by Gasteiger charge is 2.71. The lowest BCUT2D eigenvalue weighted by atomic mass is 9.78. The summed E-state index contributed by atoms with van der Waals surface area (Å²) in [5.41, 5.74) is -0.863. The maximum Gasteiger partial charge on any atom is 0.451 e. The molecule has 22 heavy (non-hydrogen) atoms. The molecule has 1 saturated heterocycles. The van der Waals surface area contributed by atoms with Crippen LogP contribution in [0.15, 0.2) is 30.3 Å². The number of ether oxygens (including phenoxy) is 1. The van der Waals surface area contributed by atoms with Gasteiger partial charge in [-0.2, -0.15) is 22.9 Å². The molecule has 1 fully saturated rings. The van der Waals surface area contributed by atoms with Crippen molar-refractivity contribution in [3.05, 3.63) is 35.9 Å². The number of hydrogen-bond donors (Lipinski definition) is 0. The van der Waals surface area contributed by atoms with E-state index >= 15 is 0 Å². The zero-order valence-corrected chi connectivity index (χ0v) is 13.3. The molecule has 0 N–H and O–H groups in total. The minimum absolute atomic E-state index is 0.144. The summed E-state index contributed by atoms with van der Waals surface area (Å²) in [5.74, 6) is -4.79. The van der Waals surface area contributed by atoms with Crippen LogP contribution >= 0.6 is 0 Å². The molecule has 1 heterocycles.